The maximum atomic E-state index is 12.1. The minimum absolute atomic E-state index is 0.0935. The molecule has 0 spiro atoms. The average Bonchev–Trinajstić information content (AvgIpc) is 2.56. The van der Waals surface area contributed by atoms with Gasteiger partial charge in [-0.05, 0) is 24.6 Å². The summed E-state index contributed by atoms with van der Waals surface area (Å²) in [6.07, 6.45) is 0.328. The fourth-order valence-electron chi connectivity index (χ4n) is 2.55. The molecule has 1 amide bonds. The van der Waals surface area contributed by atoms with Gasteiger partial charge in [0.25, 0.3) is 0 Å². The van der Waals surface area contributed by atoms with E-state index < -0.39 is 0 Å². The summed E-state index contributed by atoms with van der Waals surface area (Å²) < 4.78 is 5.32. The van der Waals surface area contributed by atoms with Crippen LogP contribution in [-0.2, 0) is 16.0 Å². The number of aromatic nitrogens is 2. The summed E-state index contributed by atoms with van der Waals surface area (Å²) in [4.78, 5) is 14.2. The van der Waals surface area contributed by atoms with E-state index in [2.05, 4.69) is 20.4 Å². The van der Waals surface area contributed by atoms with Crippen molar-refractivity contribution in [2.45, 2.75) is 13.3 Å². The van der Waals surface area contributed by atoms with Crippen LogP contribution >= 0.6 is 0 Å². The number of nitrogens with one attached hydrogen (secondary N) is 1. The lowest BCUT2D eigenvalue weighted by Gasteiger charge is -2.27. The molecule has 1 aromatic carbocycles. The van der Waals surface area contributed by atoms with Gasteiger partial charge in [0.1, 0.15) is 0 Å². The van der Waals surface area contributed by atoms with Gasteiger partial charge in [-0.25, -0.2) is 0 Å². The molecule has 1 aliphatic heterocycles. The highest BCUT2D eigenvalue weighted by atomic mass is 16.5. The van der Waals surface area contributed by atoms with Gasteiger partial charge >= 0.3 is 0 Å². The monoisotopic (exact) mass is 312 g/mol. The van der Waals surface area contributed by atoms with E-state index in [1.54, 1.807) is 6.07 Å². The molecule has 0 radical (unpaired) electrons. The van der Waals surface area contributed by atoms with Gasteiger partial charge in [-0.2, -0.15) is 0 Å². The summed E-state index contributed by atoms with van der Waals surface area (Å²) >= 11 is 0. The lowest BCUT2D eigenvalue weighted by Crippen LogP contribution is -2.36. The van der Waals surface area contributed by atoms with Crippen molar-refractivity contribution in [1.82, 2.24) is 10.2 Å². The van der Waals surface area contributed by atoms with E-state index >= 15 is 0 Å². The quantitative estimate of drug-likeness (QED) is 0.932. The summed E-state index contributed by atoms with van der Waals surface area (Å²) in [6, 6.07) is 11.6. The first-order valence-corrected chi connectivity index (χ1v) is 7.72. The highest BCUT2D eigenvalue weighted by molar-refractivity contribution is 5.91. The van der Waals surface area contributed by atoms with Crippen molar-refractivity contribution >= 4 is 17.5 Å². The van der Waals surface area contributed by atoms with Gasteiger partial charge in [0.2, 0.25) is 5.91 Å². The molecule has 6 heteroatoms. The number of anilines is 2. The third-order valence-electron chi connectivity index (χ3n) is 3.70. The second-order valence-electron chi connectivity index (χ2n) is 5.59. The first-order chi connectivity index (χ1) is 11.2. The van der Waals surface area contributed by atoms with Crippen molar-refractivity contribution in [3.05, 3.63) is 47.5 Å². The predicted octanol–water partition coefficient (Wildman–Crippen LogP) is 1.80. The molecule has 0 bridgehead atoms. The number of ether oxygens (including phenoxy) is 1. The highest BCUT2D eigenvalue weighted by Crippen LogP contribution is 2.13. The first-order valence-electron chi connectivity index (χ1n) is 7.72. The predicted molar refractivity (Wildman–Crippen MR) is 88.6 cm³/mol. The van der Waals surface area contributed by atoms with Gasteiger partial charge in [0.05, 0.1) is 19.6 Å². The minimum Gasteiger partial charge on any atom is -0.378 e. The zero-order valence-electron chi connectivity index (χ0n) is 13.2. The summed E-state index contributed by atoms with van der Waals surface area (Å²) in [5.74, 6) is 1.19. The van der Waals surface area contributed by atoms with Crippen molar-refractivity contribution in [3.8, 4) is 0 Å². The number of rotatable bonds is 4. The van der Waals surface area contributed by atoms with Crippen LogP contribution in [0.3, 0.4) is 0 Å². The number of benzene rings is 1. The van der Waals surface area contributed by atoms with Crippen molar-refractivity contribution in [2.75, 3.05) is 36.5 Å². The van der Waals surface area contributed by atoms with Crippen molar-refractivity contribution in [1.29, 1.82) is 0 Å². The third-order valence-corrected chi connectivity index (χ3v) is 3.70. The maximum Gasteiger partial charge on any atom is 0.229 e. The number of nitrogens with zero attached hydrogens (tertiary/aromatic N) is 3. The van der Waals surface area contributed by atoms with E-state index in [9.17, 15) is 4.79 Å². The van der Waals surface area contributed by atoms with Gasteiger partial charge in [0, 0.05) is 13.1 Å². The highest BCUT2D eigenvalue weighted by Gasteiger charge is 2.13. The number of aryl methyl sites for hydroxylation is 1. The molecule has 6 nitrogen and oxygen atoms in total. The molecule has 0 aliphatic carbocycles. The molecule has 2 heterocycles. The van der Waals surface area contributed by atoms with Crippen LogP contribution in [-0.4, -0.2) is 42.4 Å². The van der Waals surface area contributed by atoms with Crippen LogP contribution in [0.15, 0.2) is 36.4 Å². The zero-order valence-corrected chi connectivity index (χ0v) is 13.2. The van der Waals surface area contributed by atoms with Gasteiger partial charge < -0.3 is 15.0 Å². The Morgan fingerprint density at radius 1 is 1.22 bits per heavy atom. The van der Waals surface area contributed by atoms with Crippen molar-refractivity contribution in [3.63, 3.8) is 0 Å². The lowest BCUT2D eigenvalue weighted by atomic mass is 10.1. The second-order valence-corrected chi connectivity index (χ2v) is 5.59. The molecule has 1 N–H and O–H groups in total. The number of hydrogen-bond donors (Lipinski definition) is 1. The Hall–Kier alpha value is -2.47. The molecule has 120 valence electrons. The number of carbonyl (C=O) groups is 1. The SMILES string of the molecule is Cc1cccc(CC(=O)Nc2ccc(N3CCOCC3)nn2)c1. The molecule has 2 aromatic rings. The largest absolute Gasteiger partial charge is 0.378 e. The molecule has 1 aromatic heterocycles. The van der Waals surface area contributed by atoms with Crippen LogP contribution in [0.4, 0.5) is 11.6 Å². The van der Waals surface area contributed by atoms with Gasteiger partial charge in [-0.15, -0.1) is 10.2 Å². The van der Waals surface area contributed by atoms with E-state index in [-0.39, 0.29) is 5.91 Å². The Bertz CT molecular complexity index is 667. The Balaban J connectivity index is 1.58. The van der Waals surface area contributed by atoms with E-state index in [4.69, 9.17) is 4.74 Å². The third kappa shape index (κ3) is 4.26. The van der Waals surface area contributed by atoms with Crippen LogP contribution in [0, 0.1) is 6.92 Å². The van der Waals surface area contributed by atoms with E-state index in [1.165, 1.54) is 0 Å². The topological polar surface area (TPSA) is 67.4 Å². The molecule has 0 saturated carbocycles. The summed E-state index contributed by atoms with van der Waals surface area (Å²) in [5.41, 5.74) is 2.13. The Labute approximate surface area is 135 Å². The smallest absolute Gasteiger partial charge is 0.229 e. The lowest BCUT2D eigenvalue weighted by molar-refractivity contribution is -0.115. The number of morpholine rings is 1. The molecule has 23 heavy (non-hydrogen) atoms. The van der Waals surface area contributed by atoms with Crippen LogP contribution in [0.5, 0.6) is 0 Å². The summed E-state index contributed by atoms with van der Waals surface area (Å²) in [5, 5.41) is 11.1. The number of carbonyl (C=O) groups excluding carboxylic acids is 1. The molecule has 0 unspecified atom stereocenters. The summed E-state index contributed by atoms with van der Waals surface area (Å²) in [7, 11) is 0. The van der Waals surface area contributed by atoms with E-state index in [0.717, 1.165) is 30.0 Å². The molecule has 1 fully saturated rings. The summed E-state index contributed by atoms with van der Waals surface area (Å²) in [6.45, 7) is 5.05. The molecular weight excluding hydrogens is 292 g/mol. The minimum atomic E-state index is -0.0935. The van der Waals surface area contributed by atoms with Crippen molar-refractivity contribution in [2.24, 2.45) is 0 Å². The molecule has 0 atom stereocenters. The Morgan fingerprint density at radius 2 is 2.04 bits per heavy atom. The van der Waals surface area contributed by atoms with Gasteiger partial charge in [0.15, 0.2) is 11.6 Å². The van der Waals surface area contributed by atoms with Crippen molar-refractivity contribution < 1.29 is 9.53 Å². The molecule has 1 aliphatic rings. The molecule has 3 rings (SSSR count). The van der Waals surface area contributed by atoms with Crippen LogP contribution < -0.4 is 10.2 Å². The first kappa shape index (κ1) is 15.4. The van der Waals surface area contributed by atoms with Gasteiger partial charge in [-0.3, -0.25) is 4.79 Å². The molecule has 1 saturated heterocycles. The standard InChI is InChI=1S/C17H20N4O2/c1-13-3-2-4-14(11-13)12-17(22)18-15-5-6-16(20-19-15)21-7-9-23-10-8-21/h2-6,11H,7-10,12H2,1H3,(H,18,19,22). The normalized spacial score (nSPS) is 14.6. The van der Waals surface area contributed by atoms with E-state index in [0.29, 0.717) is 25.5 Å². The van der Waals surface area contributed by atoms with E-state index in [1.807, 2.05) is 37.3 Å². The fourth-order valence-corrected chi connectivity index (χ4v) is 2.55. The Kier molecular flexibility index (Phi) is 4.83. The molecular formula is C17H20N4O2. The zero-order chi connectivity index (χ0) is 16.1. The van der Waals surface area contributed by atoms with Crippen LogP contribution in [0.2, 0.25) is 0 Å². The number of hydrogen-bond acceptors (Lipinski definition) is 5. The van der Waals surface area contributed by atoms with Crippen LogP contribution in [0.25, 0.3) is 0 Å². The maximum absolute atomic E-state index is 12.1. The van der Waals surface area contributed by atoms with Crippen LogP contribution in [0.1, 0.15) is 11.1 Å². The fraction of sp³-hybridized carbons (Fsp3) is 0.353. The van der Waals surface area contributed by atoms with Gasteiger partial charge in [-0.1, -0.05) is 29.8 Å². The second kappa shape index (κ2) is 7.19. The Morgan fingerprint density at radius 3 is 2.74 bits per heavy atom. The average molecular weight is 312 g/mol. The number of amides is 1.